The molecule has 0 bridgehead atoms. The normalized spacial score (nSPS) is 22.7. The molecule has 1 aliphatic carbocycles. The van der Waals surface area contributed by atoms with Gasteiger partial charge in [-0.1, -0.05) is 30.3 Å². The van der Waals surface area contributed by atoms with Crippen molar-refractivity contribution in [3.8, 4) is 0 Å². The van der Waals surface area contributed by atoms with E-state index in [0.717, 1.165) is 28.9 Å². The summed E-state index contributed by atoms with van der Waals surface area (Å²) in [4.78, 5) is 38.0. The fourth-order valence-corrected chi connectivity index (χ4v) is 3.34. The number of nitrogens with one attached hydrogen (secondary N) is 2. The lowest BCUT2D eigenvalue weighted by atomic mass is 9.76. The van der Waals surface area contributed by atoms with Gasteiger partial charge < -0.3 is 10.6 Å². The molecule has 0 radical (unpaired) electrons. The Balaban J connectivity index is 1.87. The molecular formula is C17H19N3O3. The van der Waals surface area contributed by atoms with Crippen molar-refractivity contribution in [2.24, 2.45) is 0 Å². The van der Waals surface area contributed by atoms with Crippen LogP contribution < -0.4 is 10.6 Å². The van der Waals surface area contributed by atoms with Crippen LogP contribution in [0, 0.1) is 0 Å². The summed E-state index contributed by atoms with van der Waals surface area (Å²) in [5.41, 5.74) is 0.897. The van der Waals surface area contributed by atoms with E-state index in [1.54, 1.807) is 6.08 Å². The molecule has 120 valence electrons. The van der Waals surface area contributed by atoms with E-state index in [4.69, 9.17) is 0 Å². The molecule has 6 heteroatoms. The van der Waals surface area contributed by atoms with E-state index in [1.807, 2.05) is 24.3 Å². The third kappa shape index (κ3) is 2.50. The summed E-state index contributed by atoms with van der Waals surface area (Å²) in [6.45, 7) is 3.54. The van der Waals surface area contributed by atoms with Gasteiger partial charge in [0.1, 0.15) is 12.1 Å². The predicted molar refractivity (Wildman–Crippen MR) is 84.5 cm³/mol. The zero-order chi connectivity index (χ0) is 16.4. The van der Waals surface area contributed by atoms with Crippen molar-refractivity contribution in [1.29, 1.82) is 0 Å². The molecule has 1 aliphatic heterocycles. The highest BCUT2D eigenvalue weighted by Crippen LogP contribution is 2.39. The van der Waals surface area contributed by atoms with E-state index in [2.05, 4.69) is 17.2 Å². The number of nitrogens with zero attached hydrogens (tertiary/aromatic N) is 1. The number of urea groups is 1. The van der Waals surface area contributed by atoms with Gasteiger partial charge in [-0.3, -0.25) is 14.5 Å². The van der Waals surface area contributed by atoms with Crippen LogP contribution in [0.4, 0.5) is 4.79 Å². The molecule has 2 aliphatic rings. The topological polar surface area (TPSA) is 78.5 Å². The van der Waals surface area contributed by atoms with Crippen LogP contribution in [0.15, 0.2) is 36.9 Å². The van der Waals surface area contributed by atoms with Crippen molar-refractivity contribution in [3.05, 3.63) is 48.0 Å². The highest BCUT2D eigenvalue weighted by atomic mass is 16.2. The average Bonchev–Trinajstić information content (AvgIpc) is 2.78. The number of hydrogen-bond acceptors (Lipinski definition) is 3. The zero-order valence-electron chi connectivity index (χ0n) is 12.8. The molecule has 1 aromatic rings. The largest absolute Gasteiger partial charge is 0.351 e. The molecule has 1 heterocycles. The Hall–Kier alpha value is -2.63. The Morgan fingerprint density at radius 1 is 1.39 bits per heavy atom. The predicted octanol–water partition coefficient (Wildman–Crippen LogP) is 1.07. The van der Waals surface area contributed by atoms with Crippen LogP contribution in [-0.2, 0) is 21.5 Å². The highest BCUT2D eigenvalue weighted by molar-refractivity contribution is 6.09. The molecule has 6 nitrogen and oxygen atoms in total. The van der Waals surface area contributed by atoms with Crippen LogP contribution in [0.5, 0.6) is 0 Å². The molecule has 1 fully saturated rings. The quantitative estimate of drug-likeness (QED) is 0.645. The SMILES string of the molecule is C=CCNC(=O)CN1C(=O)N[C@@]2(CCCc3ccccc32)C1=O. The minimum Gasteiger partial charge on any atom is -0.351 e. The fourth-order valence-electron chi connectivity index (χ4n) is 3.34. The minimum absolute atomic E-state index is 0.275. The van der Waals surface area contributed by atoms with Crippen molar-refractivity contribution in [2.75, 3.05) is 13.1 Å². The van der Waals surface area contributed by atoms with Gasteiger partial charge in [-0.25, -0.2) is 4.79 Å². The van der Waals surface area contributed by atoms with E-state index < -0.39 is 11.6 Å². The molecule has 23 heavy (non-hydrogen) atoms. The van der Waals surface area contributed by atoms with Crippen LogP contribution in [0.25, 0.3) is 0 Å². The van der Waals surface area contributed by atoms with Crippen LogP contribution in [0.1, 0.15) is 24.0 Å². The standard InChI is InChI=1S/C17H19N3O3/c1-2-10-18-14(21)11-20-15(22)17(19-16(20)23)9-5-7-12-6-3-4-8-13(12)17/h2-4,6,8H,1,5,7,9-11H2,(H,18,21)(H,19,23)/t17-/m1/s1. The molecule has 2 N–H and O–H groups in total. The smallest absolute Gasteiger partial charge is 0.325 e. The van der Waals surface area contributed by atoms with Crippen molar-refractivity contribution in [1.82, 2.24) is 15.5 Å². The van der Waals surface area contributed by atoms with Crippen LogP contribution >= 0.6 is 0 Å². The molecule has 0 unspecified atom stereocenters. The van der Waals surface area contributed by atoms with Crippen LogP contribution in [-0.4, -0.2) is 35.8 Å². The van der Waals surface area contributed by atoms with E-state index in [0.29, 0.717) is 13.0 Å². The number of carbonyl (C=O) groups excluding carboxylic acids is 3. The van der Waals surface area contributed by atoms with Gasteiger partial charge in [0.15, 0.2) is 0 Å². The van der Waals surface area contributed by atoms with Gasteiger partial charge in [0, 0.05) is 6.54 Å². The molecule has 1 saturated heterocycles. The summed E-state index contributed by atoms with van der Waals surface area (Å²) < 4.78 is 0. The second-order valence-corrected chi connectivity index (χ2v) is 5.83. The molecule has 1 aromatic carbocycles. The monoisotopic (exact) mass is 313 g/mol. The second kappa shape index (κ2) is 5.87. The lowest BCUT2D eigenvalue weighted by Gasteiger charge is -2.33. The minimum atomic E-state index is -1.02. The number of amides is 4. The first-order valence-corrected chi connectivity index (χ1v) is 7.68. The number of aryl methyl sites for hydroxylation is 1. The highest BCUT2D eigenvalue weighted by Gasteiger charge is 2.54. The second-order valence-electron chi connectivity index (χ2n) is 5.83. The van der Waals surface area contributed by atoms with Crippen molar-refractivity contribution >= 4 is 17.8 Å². The first-order chi connectivity index (χ1) is 11.1. The van der Waals surface area contributed by atoms with E-state index >= 15 is 0 Å². The molecule has 3 rings (SSSR count). The molecule has 4 amide bonds. The van der Waals surface area contributed by atoms with Crippen LogP contribution in [0.2, 0.25) is 0 Å². The summed E-state index contributed by atoms with van der Waals surface area (Å²) in [5.74, 6) is -0.724. The maximum atomic E-state index is 12.9. The van der Waals surface area contributed by atoms with Gasteiger partial charge in [0.05, 0.1) is 0 Å². The van der Waals surface area contributed by atoms with E-state index in [9.17, 15) is 14.4 Å². The summed E-state index contributed by atoms with van der Waals surface area (Å²) >= 11 is 0. The number of benzene rings is 1. The summed E-state index contributed by atoms with van der Waals surface area (Å²) in [6.07, 6.45) is 3.81. The Morgan fingerprint density at radius 3 is 2.96 bits per heavy atom. The van der Waals surface area contributed by atoms with Crippen LogP contribution in [0.3, 0.4) is 0 Å². The lowest BCUT2D eigenvalue weighted by Crippen LogP contribution is -2.47. The maximum absolute atomic E-state index is 12.9. The first-order valence-electron chi connectivity index (χ1n) is 7.68. The molecule has 1 atom stereocenters. The summed E-state index contributed by atoms with van der Waals surface area (Å²) in [7, 11) is 0. The van der Waals surface area contributed by atoms with Gasteiger partial charge in [0.25, 0.3) is 5.91 Å². The van der Waals surface area contributed by atoms with E-state index in [-0.39, 0.29) is 18.4 Å². The summed E-state index contributed by atoms with van der Waals surface area (Å²) in [6, 6.07) is 7.15. The average molecular weight is 313 g/mol. The lowest BCUT2D eigenvalue weighted by molar-refractivity contribution is -0.135. The number of fused-ring (bicyclic) bond motifs is 2. The number of carbonyl (C=O) groups is 3. The van der Waals surface area contributed by atoms with Crippen molar-refractivity contribution < 1.29 is 14.4 Å². The zero-order valence-corrected chi connectivity index (χ0v) is 12.8. The molecule has 0 aromatic heterocycles. The molecule has 1 spiro atoms. The van der Waals surface area contributed by atoms with Gasteiger partial charge in [-0.2, -0.15) is 0 Å². The van der Waals surface area contributed by atoms with Crippen molar-refractivity contribution in [3.63, 3.8) is 0 Å². The fraction of sp³-hybridized carbons (Fsp3) is 0.353. The first kappa shape index (κ1) is 15.3. The number of rotatable bonds is 4. The maximum Gasteiger partial charge on any atom is 0.325 e. The molecular weight excluding hydrogens is 294 g/mol. The Morgan fingerprint density at radius 2 is 2.17 bits per heavy atom. The molecule has 0 saturated carbocycles. The number of hydrogen-bond donors (Lipinski definition) is 2. The van der Waals surface area contributed by atoms with Gasteiger partial charge in [0.2, 0.25) is 5.91 Å². The van der Waals surface area contributed by atoms with Crippen molar-refractivity contribution in [2.45, 2.75) is 24.8 Å². The van der Waals surface area contributed by atoms with Gasteiger partial charge in [-0.15, -0.1) is 6.58 Å². The summed E-state index contributed by atoms with van der Waals surface area (Å²) in [5, 5.41) is 5.40. The number of imide groups is 1. The van der Waals surface area contributed by atoms with E-state index in [1.165, 1.54) is 0 Å². The van der Waals surface area contributed by atoms with Gasteiger partial charge >= 0.3 is 6.03 Å². The third-order valence-corrected chi connectivity index (χ3v) is 4.40. The Bertz CT molecular complexity index is 685. The Kier molecular flexibility index (Phi) is 3.90. The third-order valence-electron chi connectivity index (χ3n) is 4.40. The Labute approximate surface area is 134 Å². The van der Waals surface area contributed by atoms with Gasteiger partial charge in [-0.05, 0) is 30.4 Å².